The van der Waals surface area contributed by atoms with Crippen molar-refractivity contribution in [2.75, 3.05) is 51.3 Å². The molecule has 0 bridgehead atoms. The van der Waals surface area contributed by atoms with Gasteiger partial charge in [-0.25, -0.2) is 13.4 Å². The Hall–Kier alpha value is -2.69. The molecular formula is C25H30N4O4S2. The third-order valence-electron chi connectivity index (χ3n) is 6.90. The molecule has 2 aromatic carbocycles. The average Bonchev–Trinajstić information content (AvgIpc) is 3.34. The number of carbonyl (C=O) groups is 1. The normalized spacial score (nSPS) is 19.8. The number of sulfonamides is 1. The Balaban J connectivity index is 1.22. The maximum atomic E-state index is 13.3. The number of rotatable bonds is 5. The van der Waals surface area contributed by atoms with Crippen LogP contribution in [0.4, 0.5) is 5.13 Å². The zero-order valence-corrected chi connectivity index (χ0v) is 21.6. The van der Waals surface area contributed by atoms with Crippen LogP contribution in [0.15, 0.2) is 47.4 Å². The quantitative estimate of drug-likeness (QED) is 0.519. The molecule has 0 saturated carbocycles. The van der Waals surface area contributed by atoms with E-state index in [1.165, 1.54) is 14.6 Å². The van der Waals surface area contributed by atoms with Crippen LogP contribution in [0.2, 0.25) is 0 Å². The highest BCUT2D eigenvalue weighted by Crippen LogP contribution is 2.32. The molecule has 0 spiro atoms. The third-order valence-corrected chi connectivity index (χ3v) is 9.86. The molecule has 1 atom stereocenters. The van der Waals surface area contributed by atoms with Gasteiger partial charge in [0.05, 0.1) is 28.1 Å². The summed E-state index contributed by atoms with van der Waals surface area (Å²) in [5, 5.41) is 0.996. The zero-order valence-electron chi connectivity index (χ0n) is 20.0. The van der Waals surface area contributed by atoms with E-state index in [1.807, 2.05) is 4.90 Å². The van der Waals surface area contributed by atoms with Crippen molar-refractivity contribution in [1.82, 2.24) is 14.2 Å². The molecule has 10 heteroatoms. The van der Waals surface area contributed by atoms with Crippen LogP contribution in [0, 0.1) is 12.8 Å². The fourth-order valence-corrected chi connectivity index (χ4v) is 7.46. The highest BCUT2D eigenvalue weighted by atomic mass is 32.2. The molecule has 0 N–H and O–H groups in total. The number of aryl methyl sites for hydroxylation is 1. The maximum Gasteiger partial charge on any atom is 0.243 e. The van der Waals surface area contributed by atoms with Gasteiger partial charge in [0.15, 0.2) is 5.13 Å². The van der Waals surface area contributed by atoms with Crippen LogP contribution in [-0.2, 0) is 14.8 Å². The number of piperidine rings is 1. The second-order valence-electron chi connectivity index (χ2n) is 9.11. The molecule has 1 amide bonds. The number of para-hydroxylation sites is 1. The van der Waals surface area contributed by atoms with Crippen molar-refractivity contribution >= 4 is 42.6 Å². The Morgan fingerprint density at radius 3 is 2.49 bits per heavy atom. The van der Waals surface area contributed by atoms with Gasteiger partial charge in [0.25, 0.3) is 0 Å². The lowest BCUT2D eigenvalue weighted by Gasteiger charge is -2.38. The summed E-state index contributed by atoms with van der Waals surface area (Å²) in [7, 11) is -2.11. The second-order valence-corrected chi connectivity index (χ2v) is 12.1. The first-order chi connectivity index (χ1) is 16.9. The molecule has 8 nitrogen and oxygen atoms in total. The van der Waals surface area contributed by atoms with E-state index in [0.29, 0.717) is 38.2 Å². The number of nitrogens with zero attached hydrogens (tertiary/aromatic N) is 4. The summed E-state index contributed by atoms with van der Waals surface area (Å²) < 4.78 is 34.1. The molecular weight excluding hydrogens is 484 g/mol. The van der Waals surface area contributed by atoms with E-state index >= 15 is 0 Å². The minimum absolute atomic E-state index is 0.0550. The van der Waals surface area contributed by atoms with Gasteiger partial charge in [-0.05, 0) is 55.7 Å². The van der Waals surface area contributed by atoms with Crippen molar-refractivity contribution in [3.05, 3.63) is 48.0 Å². The molecule has 0 radical (unpaired) electrons. The van der Waals surface area contributed by atoms with Gasteiger partial charge in [-0.1, -0.05) is 23.5 Å². The third kappa shape index (κ3) is 4.74. The zero-order chi connectivity index (χ0) is 24.6. The van der Waals surface area contributed by atoms with Crippen LogP contribution < -0.4 is 9.64 Å². The van der Waals surface area contributed by atoms with Gasteiger partial charge in [0.1, 0.15) is 5.75 Å². The fourth-order valence-electron chi connectivity index (χ4n) is 4.85. The summed E-state index contributed by atoms with van der Waals surface area (Å²) in [6.45, 7) is 5.43. The number of aromatic nitrogens is 1. The number of fused-ring (bicyclic) bond motifs is 1. The van der Waals surface area contributed by atoms with Crippen LogP contribution in [-0.4, -0.2) is 74.9 Å². The molecule has 2 saturated heterocycles. The van der Waals surface area contributed by atoms with Gasteiger partial charge in [-0.2, -0.15) is 4.31 Å². The number of ether oxygens (including phenoxy) is 1. The van der Waals surface area contributed by atoms with Crippen molar-refractivity contribution in [2.24, 2.45) is 5.92 Å². The summed E-state index contributed by atoms with van der Waals surface area (Å²) in [5.41, 5.74) is 2.22. The molecule has 1 unspecified atom stereocenters. The largest absolute Gasteiger partial charge is 0.497 e. The van der Waals surface area contributed by atoms with Gasteiger partial charge >= 0.3 is 0 Å². The van der Waals surface area contributed by atoms with E-state index in [4.69, 9.17) is 9.72 Å². The Morgan fingerprint density at radius 1 is 1.06 bits per heavy atom. The van der Waals surface area contributed by atoms with Crippen molar-refractivity contribution in [1.29, 1.82) is 0 Å². The molecule has 186 valence electrons. The smallest absolute Gasteiger partial charge is 0.243 e. The molecule has 1 aromatic heterocycles. The Labute approximate surface area is 210 Å². The lowest BCUT2D eigenvalue weighted by molar-refractivity contribution is -0.137. The molecule has 3 aromatic rings. The fraction of sp³-hybridized carbons (Fsp3) is 0.440. The summed E-state index contributed by atoms with van der Waals surface area (Å²) in [6.07, 6.45) is 1.39. The summed E-state index contributed by atoms with van der Waals surface area (Å²) in [6, 6.07) is 12.6. The number of piperazine rings is 1. The molecule has 2 aliphatic rings. The number of thiazole rings is 1. The first-order valence-electron chi connectivity index (χ1n) is 11.9. The van der Waals surface area contributed by atoms with E-state index in [1.54, 1.807) is 42.7 Å². The standard InChI is InChI=1S/C25H30N4O4S2/c1-18-5-3-7-22-23(18)26-25(34-22)28-15-13-27(14-16-28)24(30)19-6-4-12-29(17-19)35(31,32)21-10-8-20(33-2)9-11-21/h3,5,7-11,19H,4,6,12-17H2,1-2H3. The second kappa shape index (κ2) is 9.75. The summed E-state index contributed by atoms with van der Waals surface area (Å²) in [5.74, 6) is 0.351. The van der Waals surface area contributed by atoms with E-state index in [2.05, 4.69) is 30.0 Å². The summed E-state index contributed by atoms with van der Waals surface area (Å²) in [4.78, 5) is 22.5. The molecule has 5 rings (SSSR count). The first-order valence-corrected chi connectivity index (χ1v) is 14.2. The maximum absolute atomic E-state index is 13.3. The van der Waals surface area contributed by atoms with Gasteiger partial charge in [0, 0.05) is 39.3 Å². The lowest BCUT2D eigenvalue weighted by atomic mass is 9.98. The SMILES string of the molecule is COc1ccc(S(=O)(=O)N2CCCC(C(=O)N3CCN(c4nc5c(C)cccc5s4)CC3)C2)cc1. The lowest BCUT2D eigenvalue weighted by Crippen LogP contribution is -2.53. The minimum Gasteiger partial charge on any atom is -0.497 e. The first kappa shape index (κ1) is 24.0. The predicted octanol–water partition coefficient (Wildman–Crippen LogP) is 3.36. The van der Waals surface area contributed by atoms with E-state index in [-0.39, 0.29) is 23.3 Å². The molecule has 3 heterocycles. The van der Waals surface area contributed by atoms with Crippen molar-refractivity contribution < 1.29 is 17.9 Å². The molecule has 35 heavy (non-hydrogen) atoms. The highest BCUT2D eigenvalue weighted by Gasteiger charge is 2.36. The monoisotopic (exact) mass is 514 g/mol. The molecule has 2 aliphatic heterocycles. The van der Waals surface area contributed by atoms with Crippen molar-refractivity contribution in [2.45, 2.75) is 24.7 Å². The highest BCUT2D eigenvalue weighted by molar-refractivity contribution is 7.89. The van der Waals surface area contributed by atoms with Crippen molar-refractivity contribution in [3.63, 3.8) is 0 Å². The van der Waals surface area contributed by atoms with Gasteiger partial charge in [0.2, 0.25) is 15.9 Å². The number of hydrogen-bond acceptors (Lipinski definition) is 7. The molecule has 0 aliphatic carbocycles. The van der Waals surface area contributed by atoms with Gasteiger partial charge in [-0.3, -0.25) is 4.79 Å². The van der Waals surface area contributed by atoms with E-state index in [0.717, 1.165) is 23.7 Å². The predicted molar refractivity (Wildman–Crippen MR) is 138 cm³/mol. The number of anilines is 1. The Bertz CT molecular complexity index is 1310. The minimum atomic E-state index is -3.65. The summed E-state index contributed by atoms with van der Waals surface area (Å²) >= 11 is 1.69. The molecule has 2 fully saturated rings. The van der Waals surface area contributed by atoms with E-state index in [9.17, 15) is 13.2 Å². The number of carbonyl (C=O) groups excluding carboxylic acids is 1. The van der Waals surface area contributed by atoms with Gasteiger partial charge < -0.3 is 14.5 Å². The topological polar surface area (TPSA) is 83.0 Å². The van der Waals surface area contributed by atoms with Crippen LogP contribution in [0.1, 0.15) is 18.4 Å². The van der Waals surface area contributed by atoms with Crippen LogP contribution >= 0.6 is 11.3 Å². The van der Waals surface area contributed by atoms with Gasteiger partial charge in [-0.15, -0.1) is 0 Å². The average molecular weight is 515 g/mol. The number of benzene rings is 2. The van der Waals surface area contributed by atoms with Crippen LogP contribution in [0.3, 0.4) is 0 Å². The van der Waals surface area contributed by atoms with Crippen LogP contribution in [0.25, 0.3) is 10.2 Å². The van der Waals surface area contributed by atoms with Crippen LogP contribution in [0.5, 0.6) is 5.75 Å². The number of amides is 1. The number of hydrogen-bond donors (Lipinski definition) is 0. The Morgan fingerprint density at radius 2 is 1.80 bits per heavy atom. The van der Waals surface area contributed by atoms with E-state index < -0.39 is 10.0 Å². The van der Waals surface area contributed by atoms with Crippen molar-refractivity contribution in [3.8, 4) is 5.75 Å². The Kier molecular flexibility index (Phi) is 6.69. The number of methoxy groups -OCH3 is 1.